The highest BCUT2D eigenvalue weighted by Gasteiger charge is 2.04. The molecule has 5 heteroatoms. The number of rotatable bonds is 7. The minimum Gasteiger partial charge on any atom is -0.497 e. The van der Waals surface area contributed by atoms with Gasteiger partial charge in [-0.15, -0.1) is 0 Å². The van der Waals surface area contributed by atoms with Crippen LogP contribution in [0, 0.1) is 0 Å². The molecule has 0 radical (unpaired) electrons. The lowest BCUT2D eigenvalue weighted by Crippen LogP contribution is -2.25. The fourth-order valence-electron chi connectivity index (χ4n) is 2.21. The maximum Gasteiger partial charge on any atom is 0.193 e. The number of guanidine groups is 1. The van der Waals surface area contributed by atoms with Gasteiger partial charge in [-0.3, -0.25) is 0 Å². The molecule has 2 aromatic carbocycles. The van der Waals surface area contributed by atoms with Crippen molar-refractivity contribution < 1.29 is 9.47 Å². The second-order valence-corrected chi connectivity index (χ2v) is 5.51. The van der Waals surface area contributed by atoms with Crippen LogP contribution in [0.2, 0.25) is 0 Å². The van der Waals surface area contributed by atoms with E-state index in [1.54, 1.807) is 7.11 Å². The molecule has 0 fully saturated rings. The highest BCUT2D eigenvalue weighted by Crippen LogP contribution is 2.18. The third-order valence-electron chi connectivity index (χ3n) is 3.52. The summed E-state index contributed by atoms with van der Waals surface area (Å²) in [6.07, 6.45) is 0.903. The molecule has 0 aromatic heterocycles. The van der Waals surface area contributed by atoms with E-state index in [0.29, 0.717) is 12.5 Å². The van der Waals surface area contributed by atoms with Gasteiger partial charge in [0.1, 0.15) is 17.6 Å². The Balaban J connectivity index is 1.86. The van der Waals surface area contributed by atoms with Gasteiger partial charge in [0.25, 0.3) is 0 Å². The third-order valence-corrected chi connectivity index (χ3v) is 3.52. The van der Waals surface area contributed by atoms with Crippen molar-refractivity contribution in [3.05, 3.63) is 54.1 Å². The van der Waals surface area contributed by atoms with Gasteiger partial charge in [-0.25, -0.2) is 4.99 Å². The molecule has 2 aromatic rings. The smallest absolute Gasteiger partial charge is 0.193 e. The van der Waals surface area contributed by atoms with Gasteiger partial charge in [-0.2, -0.15) is 0 Å². The van der Waals surface area contributed by atoms with Crippen molar-refractivity contribution in [2.75, 3.05) is 19.0 Å². The first-order chi connectivity index (χ1) is 11.6. The zero-order valence-electron chi connectivity index (χ0n) is 14.5. The highest BCUT2D eigenvalue weighted by molar-refractivity contribution is 5.92. The highest BCUT2D eigenvalue weighted by atomic mass is 16.5. The molecule has 3 N–H and O–H groups in total. The molecule has 1 unspecified atom stereocenters. The minimum atomic E-state index is -0.0827. The summed E-state index contributed by atoms with van der Waals surface area (Å²) in [7, 11) is 1.64. The lowest BCUT2D eigenvalue weighted by molar-refractivity contribution is 0.230. The van der Waals surface area contributed by atoms with E-state index in [9.17, 15) is 0 Å². The maximum atomic E-state index is 5.94. The molecule has 0 aliphatic rings. The Kier molecular flexibility index (Phi) is 6.49. The Morgan fingerprint density at radius 1 is 1.17 bits per heavy atom. The van der Waals surface area contributed by atoms with Crippen molar-refractivity contribution >= 4 is 11.6 Å². The van der Waals surface area contributed by atoms with E-state index in [0.717, 1.165) is 23.6 Å². The van der Waals surface area contributed by atoms with Crippen molar-refractivity contribution in [3.8, 4) is 11.5 Å². The molecule has 0 aliphatic heterocycles. The van der Waals surface area contributed by atoms with Crippen LogP contribution in [0.15, 0.2) is 53.5 Å². The van der Waals surface area contributed by atoms with Crippen LogP contribution in [-0.2, 0) is 6.42 Å². The first kappa shape index (κ1) is 17.7. The second kappa shape index (κ2) is 8.82. The molecule has 0 saturated heterocycles. The molecule has 128 valence electrons. The van der Waals surface area contributed by atoms with Gasteiger partial charge in [0.15, 0.2) is 5.96 Å². The molecule has 0 spiro atoms. The molecule has 0 aliphatic carbocycles. The van der Waals surface area contributed by atoms with E-state index >= 15 is 0 Å². The number of aryl methyl sites for hydroxylation is 1. The zero-order valence-corrected chi connectivity index (χ0v) is 14.5. The molecule has 0 amide bonds. The molecule has 1 atom stereocenters. The Labute approximate surface area is 143 Å². The average Bonchev–Trinajstić information content (AvgIpc) is 2.61. The Morgan fingerprint density at radius 3 is 2.54 bits per heavy atom. The number of hydrogen-bond donors (Lipinski definition) is 2. The number of nitrogens with one attached hydrogen (secondary N) is 1. The fourth-order valence-corrected chi connectivity index (χ4v) is 2.21. The average molecular weight is 327 g/mol. The van der Waals surface area contributed by atoms with Crippen molar-refractivity contribution in [3.63, 3.8) is 0 Å². The van der Waals surface area contributed by atoms with E-state index in [1.165, 1.54) is 5.56 Å². The number of anilines is 1. The van der Waals surface area contributed by atoms with Crippen molar-refractivity contribution in [2.24, 2.45) is 10.7 Å². The van der Waals surface area contributed by atoms with E-state index < -0.39 is 0 Å². The summed E-state index contributed by atoms with van der Waals surface area (Å²) in [4.78, 5) is 4.34. The maximum absolute atomic E-state index is 5.94. The first-order valence-corrected chi connectivity index (χ1v) is 8.07. The van der Waals surface area contributed by atoms with E-state index in [4.69, 9.17) is 15.2 Å². The summed E-state index contributed by atoms with van der Waals surface area (Å²) < 4.78 is 10.9. The first-order valence-electron chi connectivity index (χ1n) is 8.07. The van der Waals surface area contributed by atoms with E-state index in [1.807, 2.05) is 43.3 Å². The number of aliphatic imine (C=N–C) groups is 1. The van der Waals surface area contributed by atoms with Crippen molar-refractivity contribution in [1.82, 2.24) is 0 Å². The zero-order chi connectivity index (χ0) is 17.4. The van der Waals surface area contributed by atoms with Crippen LogP contribution in [0.3, 0.4) is 0 Å². The lowest BCUT2D eigenvalue weighted by Gasteiger charge is -2.14. The molecular weight excluding hydrogens is 302 g/mol. The van der Waals surface area contributed by atoms with Crippen LogP contribution in [-0.4, -0.2) is 25.7 Å². The van der Waals surface area contributed by atoms with Gasteiger partial charge in [0.05, 0.1) is 13.7 Å². The predicted octanol–water partition coefficient (Wildman–Crippen LogP) is 3.45. The largest absolute Gasteiger partial charge is 0.497 e. The van der Waals surface area contributed by atoms with Crippen LogP contribution in [0.5, 0.6) is 11.5 Å². The Morgan fingerprint density at radius 2 is 1.88 bits per heavy atom. The minimum absolute atomic E-state index is 0.0827. The molecule has 5 nitrogen and oxygen atoms in total. The summed E-state index contributed by atoms with van der Waals surface area (Å²) in [6.45, 7) is 4.55. The summed E-state index contributed by atoms with van der Waals surface area (Å²) in [6, 6.07) is 15.6. The number of hydrogen-bond acceptors (Lipinski definition) is 3. The van der Waals surface area contributed by atoms with E-state index in [-0.39, 0.29) is 6.10 Å². The number of nitrogens with two attached hydrogens (primary N) is 1. The molecule has 0 bridgehead atoms. The van der Waals surface area contributed by atoms with Gasteiger partial charge >= 0.3 is 0 Å². The summed E-state index contributed by atoms with van der Waals surface area (Å²) >= 11 is 0. The lowest BCUT2D eigenvalue weighted by atomic mass is 10.1. The monoisotopic (exact) mass is 327 g/mol. The van der Waals surface area contributed by atoms with Crippen LogP contribution in [0.1, 0.15) is 19.4 Å². The Hall–Kier alpha value is -2.69. The second-order valence-electron chi connectivity index (χ2n) is 5.51. The van der Waals surface area contributed by atoms with E-state index in [2.05, 4.69) is 29.4 Å². The van der Waals surface area contributed by atoms with Gasteiger partial charge < -0.3 is 20.5 Å². The van der Waals surface area contributed by atoms with Crippen LogP contribution in [0.25, 0.3) is 0 Å². The predicted molar refractivity (Wildman–Crippen MR) is 99.0 cm³/mol. The third kappa shape index (κ3) is 5.50. The van der Waals surface area contributed by atoms with Crippen LogP contribution in [0.4, 0.5) is 5.69 Å². The number of nitrogens with zero attached hydrogens (tertiary/aromatic N) is 1. The van der Waals surface area contributed by atoms with Gasteiger partial charge in [0.2, 0.25) is 0 Å². The summed E-state index contributed by atoms with van der Waals surface area (Å²) in [5.74, 6) is 1.96. The SMILES string of the molecule is CCc1cccc(NC(N)=NCC(C)Oc2ccc(OC)cc2)c1. The standard InChI is InChI=1S/C19H25N3O2/c1-4-15-6-5-7-16(12-15)22-19(20)21-13-14(2)24-18-10-8-17(23-3)9-11-18/h5-12,14H,4,13H2,1-3H3,(H3,20,21,22). The van der Waals surface area contributed by atoms with Crippen molar-refractivity contribution in [2.45, 2.75) is 26.4 Å². The normalized spacial score (nSPS) is 12.5. The Bertz CT molecular complexity index is 669. The summed E-state index contributed by atoms with van der Waals surface area (Å²) in [5.41, 5.74) is 8.14. The number of methoxy groups -OCH3 is 1. The molecular formula is C19H25N3O2. The number of benzene rings is 2. The molecule has 0 heterocycles. The molecule has 2 rings (SSSR count). The van der Waals surface area contributed by atoms with Gasteiger partial charge in [0, 0.05) is 5.69 Å². The topological polar surface area (TPSA) is 68.9 Å². The van der Waals surface area contributed by atoms with Crippen molar-refractivity contribution in [1.29, 1.82) is 0 Å². The van der Waals surface area contributed by atoms with Crippen LogP contribution < -0.4 is 20.5 Å². The van der Waals surface area contributed by atoms with Crippen LogP contribution >= 0.6 is 0 Å². The fraction of sp³-hybridized carbons (Fsp3) is 0.316. The van der Waals surface area contributed by atoms with Gasteiger partial charge in [-0.1, -0.05) is 19.1 Å². The molecule has 24 heavy (non-hydrogen) atoms. The summed E-state index contributed by atoms with van der Waals surface area (Å²) in [5, 5.41) is 3.11. The quantitative estimate of drug-likeness (QED) is 0.604. The molecule has 0 saturated carbocycles. The number of ether oxygens (including phenoxy) is 2. The van der Waals surface area contributed by atoms with Gasteiger partial charge in [-0.05, 0) is 55.3 Å².